The number of hydrogen-bond donors (Lipinski definition) is 2. The molecule has 0 saturated carbocycles. The highest BCUT2D eigenvalue weighted by Crippen LogP contribution is 2.32. The third-order valence-corrected chi connectivity index (χ3v) is 5.19. The number of halogens is 3. The van der Waals surface area contributed by atoms with Gasteiger partial charge in [-0.15, -0.1) is 0 Å². The van der Waals surface area contributed by atoms with Crippen molar-refractivity contribution < 1.29 is 5.21 Å². The molecule has 3 aromatic rings. The van der Waals surface area contributed by atoms with Crippen molar-refractivity contribution in [2.75, 3.05) is 18.4 Å². The molecule has 1 aliphatic heterocycles. The Morgan fingerprint density at radius 3 is 2.76 bits per heavy atom. The van der Waals surface area contributed by atoms with Gasteiger partial charge in [0.1, 0.15) is 5.82 Å². The smallest absolute Gasteiger partial charge is 0.172 e. The van der Waals surface area contributed by atoms with E-state index in [2.05, 4.69) is 31.3 Å². The second kappa shape index (κ2) is 9.63. The molecule has 2 aromatic heterocycles. The molecule has 2 N–H and O–H groups in total. The predicted molar refractivity (Wildman–Crippen MR) is 122 cm³/mol. The van der Waals surface area contributed by atoms with E-state index >= 15 is 0 Å². The van der Waals surface area contributed by atoms with Gasteiger partial charge in [-0.25, -0.2) is 4.98 Å². The Balaban J connectivity index is 0.00000117. The van der Waals surface area contributed by atoms with E-state index in [0.29, 0.717) is 34.5 Å². The van der Waals surface area contributed by atoms with E-state index in [1.54, 1.807) is 35.1 Å². The molecule has 0 radical (unpaired) electrons. The fraction of sp³-hybridized carbons (Fsp3) is 0.200. The number of allylic oxidation sites excluding steroid dienone is 2. The molecule has 0 amide bonds. The maximum atomic E-state index is 9.62. The summed E-state index contributed by atoms with van der Waals surface area (Å²) in [6.07, 6.45) is 7.07. The van der Waals surface area contributed by atoms with Crippen LogP contribution in [0, 0.1) is 0 Å². The van der Waals surface area contributed by atoms with Crippen molar-refractivity contribution in [1.29, 1.82) is 0 Å². The summed E-state index contributed by atoms with van der Waals surface area (Å²) in [5, 5.41) is 19.6. The van der Waals surface area contributed by atoms with Crippen LogP contribution in [-0.4, -0.2) is 38.0 Å². The van der Waals surface area contributed by atoms with E-state index in [-0.39, 0.29) is 0 Å². The Morgan fingerprint density at radius 2 is 2.03 bits per heavy atom. The number of rotatable bonds is 4. The predicted octanol–water partition coefficient (Wildman–Crippen LogP) is 6.05. The van der Waals surface area contributed by atoms with Crippen molar-refractivity contribution in [3.8, 4) is 11.3 Å². The number of benzene rings is 1. The van der Waals surface area contributed by atoms with E-state index in [1.807, 2.05) is 32.1 Å². The van der Waals surface area contributed by atoms with Gasteiger partial charge in [0.2, 0.25) is 0 Å². The number of hydroxylamine groups is 2. The molecule has 9 heteroatoms. The van der Waals surface area contributed by atoms with Crippen LogP contribution >= 0.6 is 39.1 Å². The van der Waals surface area contributed by atoms with Gasteiger partial charge in [-0.05, 0) is 45.8 Å². The van der Waals surface area contributed by atoms with Gasteiger partial charge >= 0.3 is 0 Å². The minimum Gasteiger partial charge on any atom is -0.366 e. The number of fused-ring (bicyclic) bond motifs is 1. The van der Waals surface area contributed by atoms with Crippen LogP contribution < -0.4 is 5.32 Å². The second-order valence-electron chi connectivity index (χ2n) is 6.00. The Bertz CT molecular complexity index is 1080. The molecular formula is C20H20BrCl2N5O. The highest BCUT2D eigenvalue weighted by molar-refractivity contribution is 9.10. The summed E-state index contributed by atoms with van der Waals surface area (Å²) < 4.78 is 2.49. The quantitative estimate of drug-likeness (QED) is 0.460. The molecule has 0 fully saturated rings. The first-order valence-corrected chi connectivity index (χ1v) is 10.6. The lowest BCUT2D eigenvalue weighted by molar-refractivity contribution is -0.0329. The van der Waals surface area contributed by atoms with Crippen molar-refractivity contribution in [2.45, 2.75) is 13.8 Å². The molecule has 1 aromatic carbocycles. The average Bonchev–Trinajstić information content (AvgIpc) is 3.09. The number of nitrogens with one attached hydrogen (secondary N) is 1. The molecule has 0 saturated heterocycles. The van der Waals surface area contributed by atoms with Crippen LogP contribution in [0.2, 0.25) is 10.0 Å². The summed E-state index contributed by atoms with van der Waals surface area (Å²) in [7, 11) is 0. The topological polar surface area (TPSA) is 65.7 Å². The zero-order valence-electron chi connectivity index (χ0n) is 15.9. The van der Waals surface area contributed by atoms with Gasteiger partial charge in [0.15, 0.2) is 5.65 Å². The molecule has 4 rings (SSSR count). The minimum atomic E-state index is 0.441. The maximum absolute atomic E-state index is 9.62. The summed E-state index contributed by atoms with van der Waals surface area (Å²) in [6.45, 7) is 4.99. The van der Waals surface area contributed by atoms with Gasteiger partial charge in [-0.2, -0.15) is 9.61 Å². The average molecular weight is 497 g/mol. The third kappa shape index (κ3) is 4.93. The zero-order chi connectivity index (χ0) is 21.0. The Hall–Kier alpha value is -2.06. The molecular weight excluding hydrogens is 477 g/mol. The Kier molecular flexibility index (Phi) is 7.18. The normalized spacial score (nSPS) is 13.2. The van der Waals surface area contributed by atoms with E-state index in [1.165, 1.54) is 0 Å². The molecule has 0 unspecified atom stereocenters. The van der Waals surface area contributed by atoms with Gasteiger partial charge in [0.05, 0.1) is 27.9 Å². The number of aromatic nitrogens is 3. The monoisotopic (exact) mass is 495 g/mol. The molecule has 0 bridgehead atoms. The van der Waals surface area contributed by atoms with Crippen molar-refractivity contribution in [3.63, 3.8) is 0 Å². The van der Waals surface area contributed by atoms with Crippen LogP contribution in [0.15, 0.2) is 58.9 Å². The van der Waals surface area contributed by atoms with Crippen LogP contribution in [0.5, 0.6) is 0 Å². The second-order valence-corrected chi connectivity index (χ2v) is 7.69. The maximum Gasteiger partial charge on any atom is 0.172 e. The van der Waals surface area contributed by atoms with Crippen LogP contribution in [0.3, 0.4) is 0 Å². The van der Waals surface area contributed by atoms with Crippen molar-refractivity contribution in [3.05, 3.63) is 68.9 Å². The minimum absolute atomic E-state index is 0.441. The molecule has 152 valence electrons. The summed E-state index contributed by atoms with van der Waals surface area (Å²) in [4.78, 5) is 4.68. The third-order valence-electron chi connectivity index (χ3n) is 4.09. The van der Waals surface area contributed by atoms with E-state index in [0.717, 1.165) is 26.5 Å². The zero-order valence-corrected chi connectivity index (χ0v) is 19.0. The SMILES string of the molecule is CC.ON1C=CC=C(CNc2cc(-c3ccc(Cl)cc3Cl)nc3c(Br)cnn23)C1. The summed E-state index contributed by atoms with van der Waals surface area (Å²) in [5.41, 5.74) is 3.18. The first-order chi connectivity index (χ1) is 14.0. The molecule has 0 aliphatic carbocycles. The van der Waals surface area contributed by atoms with Crippen molar-refractivity contribution >= 4 is 50.6 Å². The fourth-order valence-electron chi connectivity index (χ4n) is 2.81. The Morgan fingerprint density at radius 1 is 1.24 bits per heavy atom. The lowest BCUT2D eigenvalue weighted by Gasteiger charge is -2.19. The van der Waals surface area contributed by atoms with E-state index in [9.17, 15) is 5.21 Å². The van der Waals surface area contributed by atoms with E-state index in [4.69, 9.17) is 23.2 Å². The molecule has 0 atom stereocenters. The summed E-state index contributed by atoms with van der Waals surface area (Å²) in [6, 6.07) is 7.20. The molecule has 1 aliphatic rings. The number of nitrogens with zero attached hydrogens (tertiary/aromatic N) is 4. The largest absolute Gasteiger partial charge is 0.366 e. The highest BCUT2D eigenvalue weighted by Gasteiger charge is 2.14. The van der Waals surface area contributed by atoms with Gasteiger partial charge in [-0.1, -0.05) is 43.1 Å². The van der Waals surface area contributed by atoms with Gasteiger partial charge in [0, 0.05) is 29.4 Å². The molecule has 29 heavy (non-hydrogen) atoms. The highest BCUT2D eigenvalue weighted by atomic mass is 79.9. The standard InChI is InChI=1S/C18H14BrCl2N5O.C2H6/c19-14-9-23-26-17(22-8-11-2-1-5-25(27)10-11)7-16(24-18(14)26)13-4-3-12(20)6-15(13)21;1-2/h1-7,9,22,27H,8,10H2;1-2H3. The lowest BCUT2D eigenvalue weighted by Crippen LogP contribution is -2.22. The Labute approximate surface area is 187 Å². The first kappa shape index (κ1) is 21.6. The summed E-state index contributed by atoms with van der Waals surface area (Å²) in [5.74, 6) is 0.756. The van der Waals surface area contributed by atoms with Crippen molar-refractivity contribution in [1.82, 2.24) is 19.7 Å². The van der Waals surface area contributed by atoms with Crippen LogP contribution in [-0.2, 0) is 0 Å². The van der Waals surface area contributed by atoms with Crippen LogP contribution in [0.1, 0.15) is 13.8 Å². The first-order valence-electron chi connectivity index (χ1n) is 9.06. The van der Waals surface area contributed by atoms with Gasteiger partial charge in [0.25, 0.3) is 0 Å². The molecule has 3 heterocycles. The summed E-state index contributed by atoms with van der Waals surface area (Å²) >= 11 is 15.9. The lowest BCUT2D eigenvalue weighted by atomic mass is 10.1. The molecule has 6 nitrogen and oxygen atoms in total. The van der Waals surface area contributed by atoms with Crippen molar-refractivity contribution in [2.24, 2.45) is 0 Å². The number of anilines is 1. The van der Waals surface area contributed by atoms with Gasteiger partial charge < -0.3 is 5.32 Å². The van der Waals surface area contributed by atoms with Crippen LogP contribution in [0.4, 0.5) is 5.82 Å². The van der Waals surface area contributed by atoms with Gasteiger partial charge in [-0.3, -0.25) is 10.3 Å². The van der Waals surface area contributed by atoms with E-state index < -0.39 is 0 Å². The van der Waals surface area contributed by atoms with Crippen LogP contribution in [0.25, 0.3) is 16.9 Å². The fourth-order valence-corrected chi connectivity index (χ4v) is 3.66. The number of hydrogen-bond acceptors (Lipinski definition) is 5. The molecule has 0 spiro atoms.